The Balaban J connectivity index is 1.76. The summed E-state index contributed by atoms with van der Waals surface area (Å²) in [6.45, 7) is 1.13. The van der Waals surface area contributed by atoms with Gasteiger partial charge in [0.2, 0.25) is 5.91 Å². The molecule has 0 saturated carbocycles. The molecule has 120 valence electrons. The second-order valence-corrected chi connectivity index (χ2v) is 5.51. The van der Waals surface area contributed by atoms with E-state index in [-0.39, 0.29) is 5.91 Å². The highest BCUT2D eigenvalue weighted by Gasteiger charge is 2.12. The molecule has 0 spiro atoms. The molecule has 3 heteroatoms. The maximum atomic E-state index is 12.6. The molecule has 3 nitrogen and oxygen atoms in total. The van der Waals surface area contributed by atoms with Gasteiger partial charge in [0.1, 0.15) is 5.76 Å². The van der Waals surface area contributed by atoms with Crippen molar-refractivity contribution in [2.45, 2.75) is 13.1 Å². The number of benzene rings is 2. The van der Waals surface area contributed by atoms with Gasteiger partial charge in [0.05, 0.1) is 6.26 Å². The Morgan fingerprint density at radius 1 is 0.833 bits per heavy atom. The van der Waals surface area contributed by atoms with Crippen LogP contribution in [0.3, 0.4) is 0 Å². The molecular weight excluding hydrogens is 298 g/mol. The third-order valence-electron chi connectivity index (χ3n) is 3.68. The second-order valence-electron chi connectivity index (χ2n) is 5.51. The summed E-state index contributed by atoms with van der Waals surface area (Å²) in [7, 11) is 0. The summed E-state index contributed by atoms with van der Waals surface area (Å²) < 4.78 is 5.24. The summed E-state index contributed by atoms with van der Waals surface area (Å²) in [6, 6.07) is 23.6. The number of furan rings is 1. The third-order valence-corrected chi connectivity index (χ3v) is 3.68. The van der Waals surface area contributed by atoms with Gasteiger partial charge in [0.25, 0.3) is 0 Å². The van der Waals surface area contributed by atoms with Crippen LogP contribution >= 0.6 is 0 Å². The van der Waals surface area contributed by atoms with Gasteiger partial charge in [-0.15, -0.1) is 0 Å². The molecule has 2 aromatic carbocycles. The zero-order valence-corrected chi connectivity index (χ0v) is 13.3. The lowest BCUT2D eigenvalue weighted by Gasteiger charge is -2.21. The Labute approximate surface area is 141 Å². The molecular formula is C21H19NO2. The molecule has 24 heavy (non-hydrogen) atoms. The van der Waals surface area contributed by atoms with Crippen molar-refractivity contribution in [3.8, 4) is 0 Å². The van der Waals surface area contributed by atoms with E-state index in [2.05, 4.69) is 0 Å². The van der Waals surface area contributed by atoms with Crippen molar-refractivity contribution in [2.24, 2.45) is 0 Å². The van der Waals surface area contributed by atoms with E-state index < -0.39 is 0 Å². The summed E-state index contributed by atoms with van der Waals surface area (Å²) in [5.41, 5.74) is 2.21. The van der Waals surface area contributed by atoms with Gasteiger partial charge in [-0.25, -0.2) is 0 Å². The first-order chi connectivity index (χ1) is 11.8. The zero-order valence-electron chi connectivity index (χ0n) is 13.3. The van der Waals surface area contributed by atoms with Gasteiger partial charge in [0, 0.05) is 19.2 Å². The van der Waals surface area contributed by atoms with Crippen LogP contribution in [0.25, 0.3) is 6.08 Å². The molecule has 0 bridgehead atoms. The number of nitrogens with zero attached hydrogens (tertiary/aromatic N) is 1. The summed E-state index contributed by atoms with van der Waals surface area (Å²) in [5, 5.41) is 0. The van der Waals surface area contributed by atoms with Crippen molar-refractivity contribution < 1.29 is 9.21 Å². The largest absolute Gasteiger partial charge is 0.465 e. The molecule has 0 aliphatic heterocycles. The van der Waals surface area contributed by atoms with Gasteiger partial charge in [-0.1, -0.05) is 60.7 Å². The fourth-order valence-corrected chi connectivity index (χ4v) is 2.46. The number of carbonyl (C=O) groups excluding carboxylic acids is 1. The average molecular weight is 317 g/mol. The van der Waals surface area contributed by atoms with Gasteiger partial charge in [-0.05, 0) is 29.3 Å². The van der Waals surface area contributed by atoms with Crippen LogP contribution in [0.1, 0.15) is 16.9 Å². The van der Waals surface area contributed by atoms with Crippen LogP contribution in [0.15, 0.2) is 89.6 Å². The van der Waals surface area contributed by atoms with Gasteiger partial charge in [-0.3, -0.25) is 4.79 Å². The maximum absolute atomic E-state index is 12.6. The van der Waals surface area contributed by atoms with Crippen LogP contribution in [0, 0.1) is 0 Å². The van der Waals surface area contributed by atoms with Gasteiger partial charge >= 0.3 is 0 Å². The normalized spacial score (nSPS) is 10.8. The number of carbonyl (C=O) groups is 1. The van der Waals surface area contributed by atoms with E-state index in [1.807, 2.05) is 71.6 Å². The lowest BCUT2D eigenvalue weighted by Crippen LogP contribution is -2.28. The molecule has 0 N–H and O–H groups in total. The molecule has 0 unspecified atom stereocenters. The highest BCUT2D eigenvalue weighted by Crippen LogP contribution is 2.12. The summed E-state index contributed by atoms with van der Waals surface area (Å²) in [5.74, 6) is 0.627. The van der Waals surface area contributed by atoms with Crippen molar-refractivity contribution in [3.63, 3.8) is 0 Å². The number of amides is 1. The van der Waals surface area contributed by atoms with Gasteiger partial charge in [-0.2, -0.15) is 0 Å². The van der Waals surface area contributed by atoms with Crippen molar-refractivity contribution in [3.05, 3.63) is 102 Å². The lowest BCUT2D eigenvalue weighted by atomic mass is 10.1. The second kappa shape index (κ2) is 7.97. The highest BCUT2D eigenvalue weighted by molar-refractivity contribution is 5.91. The molecule has 0 saturated heterocycles. The quantitative estimate of drug-likeness (QED) is 0.626. The van der Waals surface area contributed by atoms with Gasteiger partial charge < -0.3 is 9.32 Å². The molecule has 3 rings (SSSR count). The number of rotatable bonds is 6. The van der Waals surface area contributed by atoms with E-state index in [9.17, 15) is 4.79 Å². The first kappa shape index (κ1) is 15.8. The number of hydrogen-bond acceptors (Lipinski definition) is 2. The lowest BCUT2D eigenvalue weighted by molar-refractivity contribution is -0.127. The third kappa shape index (κ3) is 4.46. The fraction of sp³-hybridized carbons (Fsp3) is 0.0952. The van der Waals surface area contributed by atoms with E-state index in [0.29, 0.717) is 18.8 Å². The van der Waals surface area contributed by atoms with Crippen LogP contribution < -0.4 is 0 Å². The molecule has 0 aliphatic carbocycles. The average Bonchev–Trinajstić information content (AvgIpc) is 3.14. The minimum Gasteiger partial charge on any atom is -0.465 e. The van der Waals surface area contributed by atoms with Crippen LogP contribution in [0.2, 0.25) is 0 Å². The monoisotopic (exact) mass is 317 g/mol. The van der Waals surface area contributed by atoms with Crippen LogP contribution in [0.5, 0.6) is 0 Å². The van der Waals surface area contributed by atoms with E-state index in [0.717, 1.165) is 11.1 Å². The predicted octanol–water partition coefficient (Wildman–Crippen LogP) is 4.52. The predicted molar refractivity (Wildman–Crippen MR) is 94.9 cm³/mol. The first-order valence-electron chi connectivity index (χ1n) is 7.89. The van der Waals surface area contributed by atoms with Crippen molar-refractivity contribution >= 4 is 12.0 Å². The summed E-state index contributed by atoms with van der Waals surface area (Å²) >= 11 is 0. The summed E-state index contributed by atoms with van der Waals surface area (Å²) in [6.07, 6.45) is 4.85. The van der Waals surface area contributed by atoms with Crippen molar-refractivity contribution in [1.82, 2.24) is 4.90 Å². The van der Waals surface area contributed by atoms with Crippen LogP contribution in [-0.4, -0.2) is 10.8 Å². The van der Waals surface area contributed by atoms with Crippen LogP contribution in [-0.2, 0) is 17.9 Å². The molecule has 3 aromatic rings. The Morgan fingerprint density at radius 3 is 1.92 bits per heavy atom. The minimum atomic E-state index is -0.0425. The molecule has 0 radical (unpaired) electrons. The van der Waals surface area contributed by atoms with E-state index in [4.69, 9.17) is 4.42 Å². The SMILES string of the molecule is O=C(C=Cc1ccco1)N(Cc1ccccc1)Cc1ccccc1. The topological polar surface area (TPSA) is 33.5 Å². The van der Waals surface area contributed by atoms with E-state index in [1.165, 1.54) is 0 Å². The summed E-state index contributed by atoms with van der Waals surface area (Å²) in [4.78, 5) is 14.5. The Morgan fingerprint density at radius 2 is 1.42 bits per heavy atom. The fourth-order valence-electron chi connectivity index (χ4n) is 2.46. The van der Waals surface area contributed by atoms with E-state index in [1.54, 1.807) is 24.5 Å². The molecule has 0 atom stereocenters. The molecule has 0 fully saturated rings. The maximum Gasteiger partial charge on any atom is 0.247 e. The highest BCUT2D eigenvalue weighted by atomic mass is 16.3. The van der Waals surface area contributed by atoms with E-state index >= 15 is 0 Å². The van der Waals surface area contributed by atoms with Gasteiger partial charge in [0.15, 0.2) is 0 Å². The Hall–Kier alpha value is -3.07. The Kier molecular flexibility index (Phi) is 5.25. The molecule has 1 aromatic heterocycles. The molecule has 1 heterocycles. The molecule has 0 aliphatic rings. The standard InChI is InChI=1S/C21H19NO2/c23-21(14-13-20-12-7-15-24-20)22(16-18-8-3-1-4-9-18)17-19-10-5-2-6-11-19/h1-15H,16-17H2. The smallest absolute Gasteiger partial charge is 0.247 e. The molecule has 1 amide bonds. The Bertz CT molecular complexity index is 736. The van der Waals surface area contributed by atoms with Crippen molar-refractivity contribution in [1.29, 1.82) is 0 Å². The zero-order chi connectivity index (χ0) is 16.6. The first-order valence-corrected chi connectivity index (χ1v) is 7.89. The van der Waals surface area contributed by atoms with Crippen LogP contribution in [0.4, 0.5) is 0 Å². The van der Waals surface area contributed by atoms with Crippen molar-refractivity contribution in [2.75, 3.05) is 0 Å². The number of hydrogen-bond donors (Lipinski definition) is 0. The minimum absolute atomic E-state index is 0.0425.